The lowest BCUT2D eigenvalue weighted by atomic mass is 10.2. The summed E-state index contributed by atoms with van der Waals surface area (Å²) in [6, 6.07) is 3.39. The van der Waals surface area contributed by atoms with Crippen LogP contribution in [0.3, 0.4) is 0 Å². The highest BCUT2D eigenvalue weighted by atomic mass is 31.3. The molecule has 1 aliphatic heterocycles. The molecule has 0 spiro atoms. The maximum absolute atomic E-state index is 11.9. The summed E-state index contributed by atoms with van der Waals surface area (Å²) in [5.74, 6) is 0.278. The molecule has 0 aliphatic carbocycles. The molecule has 1 aliphatic rings. The van der Waals surface area contributed by atoms with Crippen LogP contribution in [-0.2, 0) is 31.6 Å². The van der Waals surface area contributed by atoms with Crippen LogP contribution in [0.2, 0.25) is 0 Å². The summed E-state index contributed by atoms with van der Waals surface area (Å²) in [5.41, 5.74) is 7.54. The van der Waals surface area contributed by atoms with Gasteiger partial charge in [-0.05, 0) is 12.1 Å². The van der Waals surface area contributed by atoms with Crippen LogP contribution in [-0.4, -0.2) is 63.0 Å². The first-order valence-corrected chi connectivity index (χ1v) is 13.7. The summed E-state index contributed by atoms with van der Waals surface area (Å²) >= 11 is 0. The minimum atomic E-state index is -5.65. The topological polar surface area (TPSA) is 259 Å². The Labute approximate surface area is 189 Å². The van der Waals surface area contributed by atoms with Crippen LogP contribution in [0.25, 0.3) is 21.9 Å². The molecular weight excluding hydrogens is 523 g/mol. The SMILES string of the molecule is Nc1ncnc2cc3c(cc12)ncn3[C@H]1C[C@H](O)[C@@H](COP(=O)(O)OP(=O)(O)OP(=O)(O)O)O1. The summed E-state index contributed by atoms with van der Waals surface area (Å²) < 4.78 is 53.1. The van der Waals surface area contributed by atoms with Gasteiger partial charge in [0.15, 0.2) is 0 Å². The molecule has 0 saturated carbocycles. The minimum Gasteiger partial charge on any atom is -0.390 e. The zero-order valence-electron chi connectivity index (χ0n) is 16.8. The molecule has 3 heterocycles. The number of fused-ring (bicyclic) bond motifs is 2. The van der Waals surface area contributed by atoms with Gasteiger partial charge in [-0.3, -0.25) is 4.52 Å². The number of nitrogen functional groups attached to an aromatic ring is 1. The molecule has 1 fully saturated rings. The largest absolute Gasteiger partial charge is 0.490 e. The molecule has 2 aromatic heterocycles. The summed E-state index contributed by atoms with van der Waals surface area (Å²) in [5, 5.41) is 10.9. The van der Waals surface area contributed by atoms with E-state index in [1.807, 2.05) is 0 Å². The van der Waals surface area contributed by atoms with Crippen molar-refractivity contribution in [3.05, 3.63) is 24.8 Å². The number of ether oxygens (including phenoxy) is 1. The van der Waals surface area contributed by atoms with Gasteiger partial charge in [0.05, 0.1) is 35.6 Å². The number of phosphoric ester groups is 1. The predicted molar refractivity (Wildman–Crippen MR) is 112 cm³/mol. The van der Waals surface area contributed by atoms with Gasteiger partial charge >= 0.3 is 23.5 Å². The molecule has 34 heavy (non-hydrogen) atoms. The molecule has 0 amide bonds. The Kier molecular flexibility index (Phi) is 6.68. The summed E-state index contributed by atoms with van der Waals surface area (Å²) in [7, 11) is -16.5. The lowest BCUT2D eigenvalue weighted by Gasteiger charge is -2.19. The van der Waals surface area contributed by atoms with E-state index in [2.05, 4.69) is 28.1 Å². The molecule has 2 unspecified atom stereocenters. The van der Waals surface area contributed by atoms with Gasteiger partial charge in [-0.2, -0.15) is 8.62 Å². The van der Waals surface area contributed by atoms with Crippen molar-refractivity contribution in [2.24, 2.45) is 0 Å². The van der Waals surface area contributed by atoms with E-state index in [1.54, 1.807) is 16.7 Å². The van der Waals surface area contributed by atoms with Gasteiger partial charge in [0.2, 0.25) is 0 Å². The second-order valence-electron chi connectivity index (χ2n) is 7.09. The van der Waals surface area contributed by atoms with Crippen molar-refractivity contribution in [1.82, 2.24) is 19.5 Å². The van der Waals surface area contributed by atoms with Gasteiger partial charge in [0.1, 0.15) is 24.5 Å². The van der Waals surface area contributed by atoms with Crippen LogP contribution >= 0.6 is 23.5 Å². The number of benzene rings is 1. The van der Waals surface area contributed by atoms with Crippen LogP contribution in [0.4, 0.5) is 5.82 Å². The highest BCUT2D eigenvalue weighted by Gasteiger charge is 2.43. The number of aliphatic hydroxyl groups excluding tert-OH is 1. The molecule has 1 aromatic carbocycles. The number of nitrogens with zero attached hydrogens (tertiary/aromatic N) is 4. The van der Waals surface area contributed by atoms with E-state index < -0.39 is 48.5 Å². The Bertz CT molecular complexity index is 1380. The normalized spacial score (nSPS) is 24.9. The zero-order valence-corrected chi connectivity index (χ0v) is 19.4. The average molecular weight is 541 g/mol. The van der Waals surface area contributed by atoms with Crippen LogP contribution in [0.1, 0.15) is 12.6 Å². The smallest absolute Gasteiger partial charge is 0.390 e. The molecule has 20 heteroatoms. The molecule has 7 N–H and O–H groups in total. The fraction of sp³-hybridized carbons (Fsp3) is 0.357. The van der Waals surface area contributed by atoms with E-state index in [0.29, 0.717) is 21.9 Å². The molecule has 0 bridgehead atoms. The van der Waals surface area contributed by atoms with Gasteiger partial charge in [0.25, 0.3) is 0 Å². The Morgan fingerprint density at radius 2 is 1.79 bits per heavy atom. The third kappa shape index (κ3) is 5.69. The number of nitrogens with two attached hydrogens (primary N) is 1. The molecular formula is C14H18N5O12P3. The van der Waals surface area contributed by atoms with Crippen molar-refractivity contribution in [1.29, 1.82) is 0 Å². The van der Waals surface area contributed by atoms with Crippen molar-refractivity contribution in [2.45, 2.75) is 24.9 Å². The average Bonchev–Trinajstić information content (AvgIpc) is 3.25. The number of phosphoric acid groups is 3. The van der Waals surface area contributed by atoms with Gasteiger partial charge in [-0.15, -0.1) is 0 Å². The molecule has 3 aromatic rings. The highest BCUT2D eigenvalue weighted by molar-refractivity contribution is 7.66. The first-order valence-electron chi connectivity index (χ1n) is 9.22. The van der Waals surface area contributed by atoms with Gasteiger partial charge in [-0.25, -0.2) is 28.6 Å². The second kappa shape index (κ2) is 8.99. The first kappa shape index (κ1) is 25.3. The lowest BCUT2D eigenvalue weighted by Crippen LogP contribution is -2.26. The van der Waals surface area contributed by atoms with Crippen molar-refractivity contribution >= 4 is 51.2 Å². The van der Waals surface area contributed by atoms with E-state index in [0.717, 1.165) is 0 Å². The number of aliphatic hydroxyl groups is 1. The number of anilines is 1. The van der Waals surface area contributed by atoms with Crippen LogP contribution in [0.5, 0.6) is 0 Å². The van der Waals surface area contributed by atoms with Crippen molar-refractivity contribution in [3.63, 3.8) is 0 Å². The summed E-state index contributed by atoms with van der Waals surface area (Å²) in [6.45, 7) is -0.777. The monoisotopic (exact) mass is 541 g/mol. The number of rotatable bonds is 8. The van der Waals surface area contributed by atoms with Crippen LogP contribution < -0.4 is 5.73 Å². The molecule has 17 nitrogen and oxygen atoms in total. The summed E-state index contributed by atoms with van der Waals surface area (Å²) in [6.07, 6.45) is -0.349. The third-order valence-corrected chi connectivity index (χ3v) is 8.50. The van der Waals surface area contributed by atoms with Gasteiger partial charge < -0.3 is 39.7 Å². The lowest BCUT2D eigenvalue weighted by molar-refractivity contribution is -0.0421. The molecule has 4 rings (SSSR count). The van der Waals surface area contributed by atoms with Crippen molar-refractivity contribution < 1.29 is 56.3 Å². The number of imidazole rings is 1. The molecule has 5 atom stereocenters. The summed E-state index contributed by atoms with van der Waals surface area (Å²) in [4.78, 5) is 48.2. The van der Waals surface area contributed by atoms with Gasteiger partial charge in [0, 0.05) is 11.8 Å². The minimum absolute atomic E-state index is 0.0276. The Morgan fingerprint density at radius 3 is 2.50 bits per heavy atom. The predicted octanol–water partition coefficient (Wildman–Crippen LogP) is 0.553. The quantitative estimate of drug-likeness (QED) is 0.213. The fourth-order valence-corrected chi connectivity index (χ4v) is 6.36. The van der Waals surface area contributed by atoms with Crippen LogP contribution in [0.15, 0.2) is 24.8 Å². The Hall–Kier alpha value is -1.84. The van der Waals surface area contributed by atoms with E-state index in [-0.39, 0.29) is 12.2 Å². The number of hydrogen-bond acceptors (Lipinski definition) is 12. The number of aromatic nitrogens is 4. The fourth-order valence-electron chi connectivity index (χ4n) is 3.33. The second-order valence-corrected chi connectivity index (χ2v) is 11.5. The molecule has 186 valence electrons. The Balaban J connectivity index is 1.46. The van der Waals surface area contributed by atoms with E-state index >= 15 is 0 Å². The number of hydrogen-bond donors (Lipinski definition) is 6. The van der Waals surface area contributed by atoms with E-state index in [9.17, 15) is 28.6 Å². The standard InChI is InChI=1S/C14H18N5O12P3/c15-14-7-1-9-10(2-8(7)16-5-17-14)19(6-18-9)13-3-11(20)12(29-13)4-28-33(24,25)31-34(26,27)30-32(21,22)23/h1-2,5-6,11-13,20H,3-4H2,(H,24,25)(H,26,27)(H2,15,16,17)(H2,21,22,23)/t11-,12+,13+/m0/s1. The maximum Gasteiger partial charge on any atom is 0.490 e. The first-order chi connectivity index (χ1) is 15.7. The van der Waals surface area contributed by atoms with Crippen molar-refractivity contribution in [2.75, 3.05) is 12.3 Å². The molecule has 0 radical (unpaired) electrons. The maximum atomic E-state index is 11.9. The zero-order chi connectivity index (χ0) is 24.9. The molecule has 1 saturated heterocycles. The highest BCUT2D eigenvalue weighted by Crippen LogP contribution is 2.66. The van der Waals surface area contributed by atoms with E-state index in [1.165, 1.54) is 12.7 Å². The van der Waals surface area contributed by atoms with Crippen molar-refractivity contribution in [3.8, 4) is 0 Å². The van der Waals surface area contributed by atoms with E-state index in [4.69, 9.17) is 20.3 Å². The van der Waals surface area contributed by atoms with Gasteiger partial charge in [-0.1, -0.05) is 0 Å². The third-order valence-electron chi connectivity index (χ3n) is 4.69. The van der Waals surface area contributed by atoms with Crippen LogP contribution in [0, 0.1) is 0 Å². The Morgan fingerprint density at radius 1 is 1.06 bits per heavy atom.